The lowest BCUT2D eigenvalue weighted by molar-refractivity contribution is -0.131. The molecule has 1 saturated heterocycles. The van der Waals surface area contributed by atoms with Gasteiger partial charge in [-0.3, -0.25) is 19.5 Å². The van der Waals surface area contributed by atoms with Crippen LogP contribution in [-0.4, -0.2) is 52.6 Å². The van der Waals surface area contributed by atoms with Crippen LogP contribution in [0.3, 0.4) is 0 Å². The highest BCUT2D eigenvalue weighted by Gasteiger charge is 2.50. The van der Waals surface area contributed by atoms with Crippen LogP contribution in [0.2, 0.25) is 0 Å². The first-order valence-electron chi connectivity index (χ1n) is 12.9. The normalized spacial score (nSPS) is 23.1. The molecule has 3 fully saturated rings. The second-order valence-electron chi connectivity index (χ2n) is 10.6. The topological polar surface area (TPSA) is 76.8 Å². The van der Waals surface area contributed by atoms with Crippen molar-refractivity contribution >= 4 is 17.6 Å². The van der Waals surface area contributed by atoms with E-state index in [1.807, 2.05) is 52.3 Å². The van der Waals surface area contributed by atoms with E-state index in [0.29, 0.717) is 18.0 Å². The SMILES string of the molecule is N#Cc1cccc(-c2ccc(C3=NC4(CCCC4)C(=O)N3C[C@@H]3CCN(C(=O)C4CC4)C3)cc2)c1. The Balaban J connectivity index is 1.25. The smallest absolute Gasteiger partial charge is 0.256 e. The number of likely N-dealkylation sites (tertiary alicyclic amines) is 1. The third kappa shape index (κ3) is 4.03. The number of hydrogen-bond donors (Lipinski definition) is 0. The zero-order valence-corrected chi connectivity index (χ0v) is 19.9. The highest BCUT2D eigenvalue weighted by Crippen LogP contribution is 2.41. The van der Waals surface area contributed by atoms with Gasteiger partial charge < -0.3 is 4.90 Å². The van der Waals surface area contributed by atoms with E-state index in [-0.39, 0.29) is 17.7 Å². The third-order valence-corrected chi connectivity index (χ3v) is 8.08. The molecular formula is C29H30N4O2. The minimum atomic E-state index is -0.600. The van der Waals surface area contributed by atoms with Crippen LogP contribution in [0.15, 0.2) is 53.5 Å². The van der Waals surface area contributed by atoms with Crippen LogP contribution >= 0.6 is 0 Å². The van der Waals surface area contributed by atoms with Gasteiger partial charge in [-0.25, -0.2) is 0 Å². The van der Waals surface area contributed by atoms with E-state index < -0.39 is 5.54 Å². The van der Waals surface area contributed by atoms with E-state index in [1.165, 1.54) is 0 Å². The van der Waals surface area contributed by atoms with Crippen LogP contribution in [-0.2, 0) is 9.59 Å². The highest BCUT2D eigenvalue weighted by molar-refractivity contribution is 6.15. The Morgan fingerprint density at radius 3 is 2.49 bits per heavy atom. The van der Waals surface area contributed by atoms with Crippen LogP contribution < -0.4 is 0 Å². The Morgan fingerprint density at radius 2 is 1.77 bits per heavy atom. The lowest BCUT2D eigenvalue weighted by atomic mass is 9.97. The molecule has 35 heavy (non-hydrogen) atoms. The van der Waals surface area contributed by atoms with Gasteiger partial charge in [0, 0.05) is 31.1 Å². The Labute approximate surface area is 206 Å². The fourth-order valence-electron chi connectivity index (χ4n) is 5.94. The second-order valence-corrected chi connectivity index (χ2v) is 10.6. The Bertz CT molecular complexity index is 1230. The number of nitrogens with zero attached hydrogens (tertiary/aromatic N) is 4. The predicted octanol–water partition coefficient (Wildman–Crippen LogP) is 4.39. The molecule has 2 aromatic rings. The summed E-state index contributed by atoms with van der Waals surface area (Å²) in [5, 5.41) is 9.22. The van der Waals surface area contributed by atoms with Gasteiger partial charge in [0.25, 0.3) is 5.91 Å². The van der Waals surface area contributed by atoms with E-state index in [2.05, 4.69) is 6.07 Å². The first-order valence-corrected chi connectivity index (χ1v) is 12.9. The zero-order valence-electron chi connectivity index (χ0n) is 19.9. The van der Waals surface area contributed by atoms with Gasteiger partial charge >= 0.3 is 0 Å². The Hall–Kier alpha value is -3.46. The lowest BCUT2D eigenvalue weighted by Crippen LogP contribution is -2.44. The van der Waals surface area contributed by atoms with Crippen molar-refractivity contribution in [1.82, 2.24) is 9.80 Å². The van der Waals surface area contributed by atoms with E-state index in [1.54, 1.807) is 6.07 Å². The van der Waals surface area contributed by atoms with Gasteiger partial charge in [0.2, 0.25) is 5.91 Å². The maximum absolute atomic E-state index is 13.7. The molecule has 6 heteroatoms. The molecule has 0 aromatic heterocycles. The summed E-state index contributed by atoms with van der Waals surface area (Å²) >= 11 is 0. The predicted molar refractivity (Wildman–Crippen MR) is 133 cm³/mol. The minimum Gasteiger partial charge on any atom is -0.342 e. The number of hydrogen-bond acceptors (Lipinski definition) is 4. The molecule has 2 aliphatic carbocycles. The van der Waals surface area contributed by atoms with Crippen molar-refractivity contribution in [1.29, 1.82) is 5.26 Å². The van der Waals surface area contributed by atoms with Gasteiger partial charge in [-0.15, -0.1) is 0 Å². The average Bonchev–Trinajstić information content (AvgIpc) is 3.35. The first-order chi connectivity index (χ1) is 17.1. The van der Waals surface area contributed by atoms with Crippen molar-refractivity contribution in [3.05, 3.63) is 59.7 Å². The van der Waals surface area contributed by atoms with Gasteiger partial charge in [0.15, 0.2) is 0 Å². The summed E-state index contributed by atoms with van der Waals surface area (Å²) in [4.78, 5) is 35.2. The van der Waals surface area contributed by atoms with Crippen LogP contribution in [0, 0.1) is 23.2 Å². The number of nitriles is 1. The van der Waals surface area contributed by atoms with Crippen LogP contribution in [0.5, 0.6) is 0 Å². The molecule has 1 spiro atoms. The molecule has 6 nitrogen and oxygen atoms in total. The molecule has 0 bridgehead atoms. The third-order valence-electron chi connectivity index (χ3n) is 8.08. The molecule has 1 atom stereocenters. The Morgan fingerprint density at radius 1 is 1.03 bits per heavy atom. The van der Waals surface area contributed by atoms with Crippen LogP contribution in [0.4, 0.5) is 0 Å². The van der Waals surface area contributed by atoms with Crippen LogP contribution in [0.1, 0.15) is 56.1 Å². The van der Waals surface area contributed by atoms with Crippen molar-refractivity contribution < 1.29 is 9.59 Å². The van der Waals surface area contributed by atoms with E-state index in [4.69, 9.17) is 4.99 Å². The number of benzene rings is 2. The molecule has 178 valence electrons. The maximum atomic E-state index is 13.7. The molecule has 2 amide bonds. The molecule has 0 unspecified atom stereocenters. The van der Waals surface area contributed by atoms with Crippen molar-refractivity contribution in [2.75, 3.05) is 19.6 Å². The van der Waals surface area contributed by atoms with Crippen LogP contribution in [0.25, 0.3) is 11.1 Å². The van der Waals surface area contributed by atoms with E-state index in [9.17, 15) is 14.9 Å². The highest BCUT2D eigenvalue weighted by atomic mass is 16.2. The van der Waals surface area contributed by atoms with Gasteiger partial charge in [-0.2, -0.15) is 5.26 Å². The molecule has 0 N–H and O–H groups in total. The lowest BCUT2D eigenvalue weighted by Gasteiger charge is -2.25. The maximum Gasteiger partial charge on any atom is 0.256 e. The average molecular weight is 467 g/mol. The molecule has 2 aliphatic heterocycles. The second kappa shape index (κ2) is 8.64. The number of amides is 2. The van der Waals surface area contributed by atoms with E-state index in [0.717, 1.165) is 80.6 Å². The van der Waals surface area contributed by atoms with Gasteiger partial charge in [0.05, 0.1) is 11.6 Å². The number of rotatable bonds is 5. The van der Waals surface area contributed by atoms with Crippen molar-refractivity contribution in [2.45, 2.75) is 50.5 Å². The molecule has 0 radical (unpaired) electrons. The molecule has 2 heterocycles. The fourth-order valence-corrected chi connectivity index (χ4v) is 5.94. The summed E-state index contributed by atoms with van der Waals surface area (Å²) in [6.07, 6.45) is 6.72. The molecule has 6 rings (SSSR count). The summed E-state index contributed by atoms with van der Waals surface area (Å²) in [6, 6.07) is 18.0. The van der Waals surface area contributed by atoms with Gasteiger partial charge in [-0.05, 0) is 61.3 Å². The zero-order chi connectivity index (χ0) is 24.0. The van der Waals surface area contributed by atoms with E-state index >= 15 is 0 Å². The molecule has 2 saturated carbocycles. The molecular weight excluding hydrogens is 436 g/mol. The van der Waals surface area contributed by atoms with Crippen molar-refractivity contribution in [3.63, 3.8) is 0 Å². The van der Waals surface area contributed by atoms with Crippen molar-refractivity contribution in [3.8, 4) is 17.2 Å². The van der Waals surface area contributed by atoms with Crippen molar-refractivity contribution in [2.24, 2.45) is 16.8 Å². The number of aliphatic imine (C=N–C) groups is 1. The summed E-state index contributed by atoms with van der Waals surface area (Å²) in [5.41, 5.74) is 3.01. The summed E-state index contributed by atoms with van der Waals surface area (Å²) in [5.74, 6) is 1.76. The Kier molecular flexibility index (Phi) is 5.44. The largest absolute Gasteiger partial charge is 0.342 e. The first kappa shape index (κ1) is 22.0. The summed E-state index contributed by atoms with van der Waals surface area (Å²) in [6.45, 7) is 2.17. The number of carbonyl (C=O) groups is 2. The molecule has 2 aromatic carbocycles. The number of amidine groups is 1. The fraction of sp³-hybridized carbons (Fsp3) is 0.448. The minimum absolute atomic E-state index is 0.141. The standard InChI is InChI=1S/C29H30N4O2/c30-17-20-4-3-5-25(16-20)22-6-8-23(9-7-22)26-31-29(13-1-2-14-29)28(35)33(26)19-21-12-15-32(18-21)27(34)24-10-11-24/h3-9,16,21,24H,1-2,10-15,18-19H2/t21-/m1/s1. The molecule has 4 aliphatic rings. The number of carbonyl (C=O) groups excluding carboxylic acids is 2. The summed E-state index contributed by atoms with van der Waals surface area (Å²) < 4.78 is 0. The monoisotopic (exact) mass is 466 g/mol. The quantitative estimate of drug-likeness (QED) is 0.656. The van der Waals surface area contributed by atoms with Gasteiger partial charge in [0.1, 0.15) is 11.4 Å². The summed E-state index contributed by atoms with van der Waals surface area (Å²) in [7, 11) is 0. The van der Waals surface area contributed by atoms with Gasteiger partial charge in [-0.1, -0.05) is 49.2 Å².